The first kappa shape index (κ1) is 24.1. The number of hydrogen-bond donors (Lipinski definition) is 0. The Morgan fingerprint density at radius 1 is 0.912 bits per heavy atom. The lowest BCUT2D eigenvalue weighted by Crippen LogP contribution is -2.44. The third kappa shape index (κ3) is 5.54. The number of benzene rings is 2. The molecule has 1 aromatic heterocycles. The summed E-state index contributed by atoms with van der Waals surface area (Å²) < 4.78 is 23.0. The van der Waals surface area contributed by atoms with Gasteiger partial charge in [-0.3, -0.25) is 4.79 Å². The van der Waals surface area contributed by atoms with Gasteiger partial charge in [0.05, 0.1) is 26.2 Å². The zero-order valence-corrected chi connectivity index (χ0v) is 20.3. The molecule has 2 aromatic carbocycles. The maximum absolute atomic E-state index is 13.3. The first-order valence-electron chi connectivity index (χ1n) is 11.9. The van der Waals surface area contributed by atoms with Crippen LogP contribution in [0.4, 0.5) is 0 Å². The molecule has 3 aromatic rings. The third-order valence-electron chi connectivity index (χ3n) is 6.36. The van der Waals surface area contributed by atoms with Crippen molar-refractivity contribution in [2.24, 2.45) is 0 Å². The van der Waals surface area contributed by atoms with Crippen molar-refractivity contribution in [1.29, 1.82) is 0 Å². The molecule has 0 aliphatic carbocycles. The Morgan fingerprint density at radius 3 is 2.44 bits per heavy atom. The summed E-state index contributed by atoms with van der Waals surface area (Å²) in [6, 6.07) is 12.7. The highest BCUT2D eigenvalue weighted by Gasteiger charge is 2.19. The summed E-state index contributed by atoms with van der Waals surface area (Å²) in [5.74, 6) is 1.81. The van der Waals surface area contributed by atoms with Gasteiger partial charge in [-0.25, -0.2) is 0 Å². The number of para-hydroxylation sites is 1. The number of likely N-dealkylation sites (N-methyl/N-ethyl adjacent to an activating group) is 1. The van der Waals surface area contributed by atoms with Crippen LogP contribution >= 0.6 is 0 Å². The van der Waals surface area contributed by atoms with E-state index in [1.54, 1.807) is 38.5 Å². The van der Waals surface area contributed by atoms with E-state index >= 15 is 0 Å². The van der Waals surface area contributed by atoms with Crippen molar-refractivity contribution < 1.29 is 18.6 Å². The van der Waals surface area contributed by atoms with E-state index in [0.717, 1.165) is 52.0 Å². The molecule has 0 amide bonds. The maximum Gasteiger partial charge on any atom is 0.235 e. The standard InChI is InChI=1S/C27H34N2O5/c1-28-14-16-29(17-15-28)13-7-4-8-18-33-27-25(30)21-9-5-6-10-22(21)34-26(27)20-11-12-23(31-2)24(19-20)32-3/h5-6,9-12,19H,4,7-8,13-18H2,1-3H3. The molecule has 182 valence electrons. The van der Waals surface area contributed by atoms with Crippen LogP contribution in [-0.4, -0.2) is 70.4 Å². The van der Waals surface area contributed by atoms with E-state index < -0.39 is 0 Å². The number of rotatable bonds is 10. The van der Waals surface area contributed by atoms with Crippen LogP contribution in [-0.2, 0) is 0 Å². The highest BCUT2D eigenvalue weighted by Crippen LogP contribution is 2.36. The zero-order chi connectivity index (χ0) is 23.9. The Labute approximate surface area is 200 Å². The molecular formula is C27H34N2O5. The fourth-order valence-electron chi connectivity index (χ4n) is 4.28. The molecule has 2 heterocycles. The van der Waals surface area contributed by atoms with Gasteiger partial charge in [0, 0.05) is 31.7 Å². The Kier molecular flexibility index (Phi) is 8.08. The molecular weight excluding hydrogens is 432 g/mol. The molecule has 7 heteroatoms. The monoisotopic (exact) mass is 466 g/mol. The SMILES string of the molecule is COc1ccc(-c2oc3ccccc3c(=O)c2OCCCCCN2CCN(C)CC2)cc1OC. The van der Waals surface area contributed by atoms with Gasteiger partial charge in [0.2, 0.25) is 11.2 Å². The van der Waals surface area contributed by atoms with Crippen LogP contribution in [0.1, 0.15) is 19.3 Å². The number of methoxy groups -OCH3 is 2. The molecule has 7 nitrogen and oxygen atoms in total. The molecule has 34 heavy (non-hydrogen) atoms. The average Bonchev–Trinajstić information content (AvgIpc) is 2.87. The van der Waals surface area contributed by atoms with E-state index in [2.05, 4.69) is 16.8 Å². The van der Waals surface area contributed by atoms with Gasteiger partial charge in [-0.05, 0) is 63.2 Å². The molecule has 0 saturated carbocycles. The summed E-state index contributed by atoms with van der Waals surface area (Å²) >= 11 is 0. The van der Waals surface area contributed by atoms with Crippen LogP contribution in [0.15, 0.2) is 51.7 Å². The van der Waals surface area contributed by atoms with Crippen LogP contribution in [0.3, 0.4) is 0 Å². The summed E-state index contributed by atoms with van der Waals surface area (Å²) in [4.78, 5) is 18.2. The van der Waals surface area contributed by atoms with Gasteiger partial charge in [-0.1, -0.05) is 12.1 Å². The van der Waals surface area contributed by atoms with Crippen LogP contribution < -0.4 is 19.6 Å². The van der Waals surface area contributed by atoms with Gasteiger partial charge in [-0.15, -0.1) is 0 Å². The van der Waals surface area contributed by atoms with Gasteiger partial charge in [0.1, 0.15) is 5.58 Å². The molecule has 1 aliphatic rings. The second-order valence-corrected chi connectivity index (χ2v) is 8.71. The number of unbranched alkanes of at least 4 members (excludes halogenated alkanes) is 2. The molecule has 0 radical (unpaired) electrons. The summed E-state index contributed by atoms with van der Waals surface area (Å²) in [5.41, 5.74) is 1.06. The molecule has 0 N–H and O–H groups in total. The summed E-state index contributed by atoms with van der Waals surface area (Å²) in [7, 11) is 5.35. The highest BCUT2D eigenvalue weighted by atomic mass is 16.5. The lowest BCUT2D eigenvalue weighted by atomic mass is 10.1. The van der Waals surface area contributed by atoms with E-state index in [1.807, 2.05) is 18.2 Å². The predicted octanol–water partition coefficient (Wildman–Crippen LogP) is 4.27. The van der Waals surface area contributed by atoms with Crippen molar-refractivity contribution in [2.45, 2.75) is 19.3 Å². The van der Waals surface area contributed by atoms with Crippen LogP contribution in [0, 0.1) is 0 Å². The Morgan fingerprint density at radius 2 is 1.68 bits per heavy atom. The number of ether oxygens (including phenoxy) is 3. The first-order chi connectivity index (χ1) is 16.6. The summed E-state index contributed by atoms with van der Waals surface area (Å²) in [6.45, 7) is 6.13. The van der Waals surface area contributed by atoms with Crippen molar-refractivity contribution in [1.82, 2.24) is 9.80 Å². The van der Waals surface area contributed by atoms with E-state index in [-0.39, 0.29) is 11.2 Å². The molecule has 0 atom stereocenters. The van der Waals surface area contributed by atoms with Gasteiger partial charge < -0.3 is 28.4 Å². The van der Waals surface area contributed by atoms with E-state index in [1.165, 1.54) is 0 Å². The second kappa shape index (κ2) is 11.4. The molecule has 0 unspecified atom stereocenters. The average molecular weight is 467 g/mol. The maximum atomic E-state index is 13.3. The highest BCUT2D eigenvalue weighted by molar-refractivity contribution is 5.82. The smallest absolute Gasteiger partial charge is 0.235 e. The Balaban J connectivity index is 1.48. The molecule has 1 saturated heterocycles. The van der Waals surface area contributed by atoms with E-state index in [4.69, 9.17) is 18.6 Å². The van der Waals surface area contributed by atoms with E-state index in [9.17, 15) is 4.79 Å². The van der Waals surface area contributed by atoms with Crippen LogP contribution in [0.5, 0.6) is 17.2 Å². The Hall–Kier alpha value is -3.03. The van der Waals surface area contributed by atoms with Crippen molar-refractivity contribution in [2.75, 3.05) is 60.6 Å². The van der Waals surface area contributed by atoms with Crippen LogP contribution in [0.2, 0.25) is 0 Å². The minimum Gasteiger partial charge on any atom is -0.493 e. The van der Waals surface area contributed by atoms with E-state index in [0.29, 0.717) is 40.4 Å². The number of nitrogens with zero attached hydrogens (tertiary/aromatic N) is 2. The van der Waals surface area contributed by atoms with Crippen molar-refractivity contribution in [3.8, 4) is 28.6 Å². The summed E-state index contributed by atoms with van der Waals surface area (Å²) in [5, 5.41) is 0.511. The molecule has 1 aliphatic heterocycles. The number of piperazine rings is 1. The largest absolute Gasteiger partial charge is 0.493 e. The third-order valence-corrected chi connectivity index (χ3v) is 6.36. The molecule has 4 rings (SSSR count). The fraction of sp³-hybridized carbons (Fsp3) is 0.444. The minimum absolute atomic E-state index is 0.163. The quantitative estimate of drug-likeness (QED) is 0.414. The van der Waals surface area contributed by atoms with Crippen molar-refractivity contribution in [3.63, 3.8) is 0 Å². The minimum atomic E-state index is -0.163. The second-order valence-electron chi connectivity index (χ2n) is 8.71. The lowest BCUT2D eigenvalue weighted by Gasteiger charge is -2.32. The van der Waals surface area contributed by atoms with Crippen molar-refractivity contribution in [3.05, 3.63) is 52.7 Å². The Bertz CT molecular complexity index is 1150. The zero-order valence-electron chi connectivity index (χ0n) is 20.3. The topological polar surface area (TPSA) is 64.4 Å². The molecule has 0 spiro atoms. The molecule has 0 bridgehead atoms. The van der Waals surface area contributed by atoms with Gasteiger partial charge >= 0.3 is 0 Å². The van der Waals surface area contributed by atoms with Crippen LogP contribution in [0.25, 0.3) is 22.3 Å². The normalized spacial score (nSPS) is 14.9. The number of fused-ring (bicyclic) bond motifs is 1. The molecule has 1 fully saturated rings. The first-order valence-corrected chi connectivity index (χ1v) is 11.9. The summed E-state index contributed by atoms with van der Waals surface area (Å²) in [6.07, 6.45) is 3.06. The van der Waals surface area contributed by atoms with Crippen molar-refractivity contribution >= 4 is 11.0 Å². The van der Waals surface area contributed by atoms with Gasteiger partial charge in [-0.2, -0.15) is 0 Å². The number of hydrogen-bond acceptors (Lipinski definition) is 7. The fourth-order valence-corrected chi connectivity index (χ4v) is 4.28. The lowest BCUT2D eigenvalue weighted by molar-refractivity contribution is 0.151. The predicted molar refractivity (Wildman–Crippen MR) is 134 cm³/mol. The van der Waals surface area contributed by atoms with Gasteiger partial charge in [0.25, 0.3) is 0 Å². The van der Waals surface area contributed by atoms with Gasteiger partial charge in [0.15, 0.2) is 17.3 Å².